The van der Waals surface area contributed by atoms with E-state index < -0.39 is 0 Å². The average molecular weight is 337 g/mol. The van der Waals surface area contributed by atoms with Crippen LogP contribution in [0.5, 0.6) is 0 Å². The fourth-order valence-electron chi connectivity index (χ4n) is 1.65. The lowest BCUT2D eigenvalue weighted by molar-refractivity contribution is 0.747. The van der Waals surface area contributed by atoms with Crippen molar-refractivity contribution in [3.63, 3.8) is 0 Å². The number of halogens is 1. The van der Waals surface area contributed by atoms with Gasteiger partial charge >= 0.3 is 0 Å². The van der Waals surface area contributed by atoms with Crippen LogP contribution in [-0.4, -0.2) is 9.97 Å². The monoisotopic (exact) mass is 336 g/mol. The maximum Gasteiger partial charge on any atom is 0.133 e. The Balaban J connectivity index is 2.35. The Labute approximate surface area is 127 Å². The first-order chi connectivity index (χ1) is 8.95. The topological polar surface area (TPSA) is 25.8 Å². The minimum atomic E-state index is 0.329. The fourth-order valence-corrected chi connectivity index (χ4v) is 3.21. The average Bonchev–Trinajstić information content (AvgIpc) is 2.33. The largest absolute Gasteiger partial charge is 0.226 e. The molecule has 0 spiro atoms. The Bertz CT molecular complexity index is 597. The first kappa shape index (κ1) is 14.5. The van der Waals surface area contributed by atoms with Crippen molar-refractivity contribution in [2.45, 2.75) is 43.5 Å². The highest BCUT2D eigenvalue weighted by molar-refractivity contribution is 9.10. The van der Waals surface area contributed by atoms with Crippen LogP contribution >= 0.6 is 27.7 Å². The summed E-state index contributed by atoms with van der Waals surface area (Å²) in [6.07, 6.45) is 0. The fraction of sp³-hybridized carbons (Fsp3) is 0.333. The van der Waals surface area contributed by atoms with Crippen molar-refractivity contribution in [1.29, 1.82) is 0 Å². The van der Waals surface area contributed by atoms with Crippen LogP contribution in [0.1, 0.15) is 36.7 Å². The van der Waals surface area contributed by atoms with Gasteiger partial charge in [-0.1, -0.05) is 37.7 Å². The second-order valence-electron chi connectivity index (χ2n) is 4.91. The van der Waals surface area contributed by atoms with Gasteiger partial charge in [0.2, 0.25) is 0 Å². The van der Waals surface area contributed by atoms with Gasteiger partial charge < -0.3 is 0 Å². The normalized spacial score (nSPS) is 11.1. The summed E-state index contributed by atoms with van der Waals surface area (Å²) in [5.41, 5.74) is 2.54. The Hall–Kier alpha value is -0.870. The first-order valence-electron chi connectivity index (χ1n) is 6.25. The lowest BCUT2D eigenvalue weighted by atomic mass is 10.2. The zero-order valence-corrected chi connectivity index (χ0v) is 14.0. The summed E-state index contributed by atoms with van der Waals surface area (Å²) < 4.78 is 0.846. The molecule has 2 nitrogen and oxygen atoms in total. The van der Waals surface area contributed by atoms with Gasteiger partial charge in [0.15, 0.2) is 0 Å². The molecule has 0 amide bonds. The molecule has 0 bridgehead atoms. The maximum absolute atomic E-state index is 4.62. The third-order valence-electron chi connectivity index (χ3n) is 2.76. The molecule has 2 aromatic rings. The molecular formula is C15H17BrN2S. The number of hydrogen-bond acceptors (Lipinski definition) is 3. The number of benzene rings is 1. The molecule has 19 heavy (non-hydrogen) atoms. The number of aryl methyl sites for hydroxylation is 2. The molecule has 0 saturated heterocycles. The van der Waals surface area contributed by atoms with Gasteiger partial charge in [-0.05, 0) is 47.0 Å². The molecular weight excluding hydrogens is 320 g/mol. The highest BCUT2D eigenvalue weighted by Gasteiger charge is 2.09. The van der Waals surface area contributed by atoms with Crippen molar-refractivity contribution in [3.05, 3.63) is 45.8 Å². The van der Waals surface area contributed by atoms with E-state index in [2.05, 4.69) is 71.8 Å². The second kappa shape index (κ2) is 6.06. The van der Waals surface area contributed by atoms with Gasteiger partial charge in [-0.15, -0.1) is 0 Å². The van der Waals surface area contributed by atoms with Crippen molar-refractivity contribution in [1.82, 2.24) is 9.97 Å². The van der Waals surface area contributed by atoms with Crippen molar-refractivity contribution in [2.24, 2.45) is 0 Å². The maximum atomic E-state index is 4.62. The van der Waals surface area contributed by atoms with E-state index >= 15 is 0 Å². The molecule has 4 heteroatoms. The van der Waals surface area contributed by atoms with Crippen LogP contribution in [0.25, 0.3) is 0 Å². The highest BCUT2D eigenvalue weighted by atomic mass is 79.9. The summed E-state index contributed by atoms with van der Waals surface area (Å²) in [6.45, 7) is 8.45. The summed E-state index contributed by atoms with van der Waals surface area (Å²) in [6, 6.07) is 8.45. The molecule has 2 rings (SSSR count). The number of aromatic nitrogens is 2. The van der Waals surface area contributed by atoms with E-state index in [4.69, 9.17) is 0 Å². The first-order valence-corrected chi connectivity index (χ1v) is 7.86. The zero-order chi connectivity index (χ0) is 14.0. The van der Waals surface area contributed by atoms with E-state index in [1.54, 1.807) is 11.8 Å². The molecule has 0 aliphatic rings. The third-order valence-corrected chi connectivity index (χ3v) is 4.25. The molecule has 0 fully saturated rings. The molecule has 1 aromatic carbocycles. The van der Waals surface area contributed by atoms with Crippen LogP contribution in [0, 0.1) is 13.8 Å². The van der Waals surface area contributed by atoms with Crippen LogP contribution in [0.2, 0.25) is 0 Å². The number of rotatable bonds is 3. The molecule has 0 aliphatic carbocycles. The second-order valence-corrected chi connectivity index (χ2v) is 6.79. The number of nitrogens with zero attached hydrogens (tertiary/aromatic N) is 2. The minimum Gasteiger partial charge on any atom is -0.226 e. The van der Waals surface area contributed by atoms with Crippen molar-refractivity contribution in [3.8, 4) is 0 Å². The quantitative estimate of drug-likeness (QED) is 0.726. The Morgan fingerprint density at radius 1 is 1.11 bits per heavy atom. The molecule has 0 atom stereocenters. The van der Waals surface area contributed by atoms with Crippen LogP contribution < -0.4 is 0 Å². The summed E-state index contributed by atoms with van der Waals surface area (Å²) in [5, 5.41) is 0.985. The molecule has 0 radical (unpaired) electrons. The van der Waals surface area contributed by atoms with E-state index in [1.165, 1.54) is 16.0 Å². The van der Waals surface area contributed by atoms with Gasteiger partial charge in [0.25, 0.3) is 0 Å². The summed E-state index contributed by atoms with van der Waals surface area (Å²) in [4.78, 5) is 10.3. The third kappa shape index (κ3) is 3.80. The molecule has 0 unspecified atom stereocenters. The van der Waals surface area contributed by atoms with Crippen LogP contribution in [0.15, 0.2) is 38.8 Å². The van der Waals surface area contributed by atoms with E-state index in [9.17, 15) is 0 Å². The van der Waals surface area contributed by atoms with Crippen LogP contribution in [-0.2, 0) is 0 Å². The molecule has 1 heterocycles. The van der Waals surface area contributed by atoms with Crippen LogP contribution in [0.3, 0.4) is 0 Å². The van der Waals surface area contributed by atoms with Gasteiger partial charge in [0.1, 0.15) is 15.5 Å². The Morgan fingerprint density at radius 3 is 2.53 bits per heavy atom. The smallest absolute Gasteiger partial charge is 0.133 e. The zero-order valence-electron chi connectivity index (χ0n) is 11.6. The van der Waals surface area contributed by atoms with Gasteiger partial charge in [-0.3, -0.25) is 0 Å². The van der Waals surface area contributed by atoms with Gasteiger partial charge in [-0.25, -0.2) is 9.97 Å². The molecule has 0 N–H and O–H groups in total. The molecule has 0 saturated carbocycles. The van der Waals surface area contributed by atoms with Crippen molar-refractivity contribution >= 4 is 27.7 Å². The standard InChI is InChI=1S/C15H17BrN2S/c1-9(2)15-17-13(16)8-14(18-15)19-12-7-10(3)5-6-11(12)4/h5-9H,1-4H3. The predicted octanol–water partition coefficient (Wildman–Crippen LogP) is 5.13. The number of hydrogen-bond donors (Lipinski definition) is 0. The van der Waals surface area contributed by atoms with Gasteiger partial charge in [0, 0.05) is 16.9 Å². The van der Waals surface area contributed by atoms with Gasteiger partial charge in [-0.2, -0.15) is 0 Å². The lowest BCUT2D eigenvalue weighted by Crippen LogP contribution is -1.99. The summed E-state index contributed by atoms with van der Waals surface area (Å²) >= 11 is 5.16. The minimum absolute atomic E-state index is 0.329. The van der Waals surface area contributed by atoms with Crippen molar-refractivity contribution in [2.75, 3.05) is 0 Å². The highest BCUT2D eigenvalue weighted by Crippen LogP contribution is 2.31. The molecule has 1 aromatic heterocycles. The van der Waals surface area contributed by atoms with E-state index in [1.807, 2.05) is 6.07 Å². The van der Waals surface area contributed by atoms with Crippen molar-refractivity contribution < 1.29 is 0 Å². The summed E-state index contributed by atoms with van der Waals surface area (Å²) in [7, 11) is 0. The Kier molecular flexibility index (Phi) is 4.63. The SMILES string of the molecule is Cc1ccc(C)c(Sc2cc(Br)nc(C(C)C)n2)c1. The lowest BCUT2D eigenvalue weighted by Gasteiger charge is -2.09. The van der Waals surface area contributed by atoms with Crippen LogP contribution in [0.4, 0.5) is 0 Å². The summed E-state index contributed by atoms with van der Waals surface area (Å²) in [5.74, 6) is 1.21. The van der Waals surface area contributed by atoms with E-state index in [0.29, 0.717) is 5.92 Å². The van der Waals surface area contributed by atoms with E-state index in [-0.39, 0.29) is 0 Å². The molecule has 0 aliphatic heterocycles. The Morgan fingerprint density at radius 2 is 1.84 bits per heavy atom. The van der Waals surface area contributed by atoms with Gasteiger partial charge in [0.05, 0.1) is 0 Å². The predicted molar refractivity (Wildman–Crippen MR) is 83.9 cm³/mol. The van der Waals surface area contributed by atoms with E-state index in [0.717, 1.165) is 15.5 Å². The molecule has 100 valence electrons.